The van der Waals surface area contributed by atoms with Crippen molar-refractivity contribution in [2.75, 3.05) is 0 Å². The fourth-order valence-corrected chi connectivity index (χ4v) is 3.41. The van der Waals surface area contributed by atoms with Crippen molar-refractivity contribution >= 4 is 5.97 Å². The van der Waals surface area contributed by atoms with Gasteiger partial charge in [0.05, 0.1) is 12.2 Å². The Balaban J connectivity index is 1.90. The molecule has 0 amide bonds. The molecule has 0 heterocycles. The summed E-state index contributed by atoms with van der Waals surface area (Å²) in [5.74, 6) is 4.44. The molecule has 1 unspecified atom stereocenters. The smallest absolute Gasteiger partial charge is 0.303 e. The van der Waals surface area contributed by atoms with Gasteiger partial charge >= 0.3 is 5.97 Å². The van der Waals surface area contributed by atoms with Crippen molar-refractivity contribution in [3.63, 3.8) is 0 Å². The summed E-state index contributed by atoms with van der Waals surface area (Å²) >= 11 is 0. The van der Waals surface area contributed by atoms with Crippen LogP contribution in [0, 0.1) is 23.7 Å². The molecule has 1 saturated carbocycles. The van der Waals surface area contributed by atoms with Gasteiger partial charge in [0.15, 0.2) is 0 Å². The number of carbonyl (C=O) groups is 1. The molecule has 0 aromatic heterocycles. The Hall–Kier alpha value is -2.39. The zero-order valence-corrected chi connectivity index (χ0v) is 15.8. The van der Waals surface area contributed by atoms with Gasteiger partial charge in [0.2, 0.25) is 0 Å². The standard InChI is InChI=1S/C23H28O5/c24-18(13-12-17-8-4-3-5-9-17)14-15-20-19(21(25)16-22(20)26)10-6-1-2-7-11-23(27)28/h1,3-6,8-9,14-15,18-22,24-26H,2,7,10-11,16H2,(H,27,28)/b6-1-,15-14+/t18?,19-,20-,21+,22-/m1/s1. The number of unbranched alkanes of at least 4 members (excludes halogenated alkanes) is 1. The van der Waals surface area contributed by atoms with Crippen molar-refractivity contribution in [3.05, 3.63) is 60.2 Å². The maximum atomic E-state index is 10.5. The number of hydrogen-bond donors (Lipinski definition) is 4. The van der Waals surface area contributed by atoms with E-state index < -0.39 is 24.3 Å². The van der Waals surface area contributed by atoms with E-state index >= 15 is 0 Å². The lowest BCUT2D eigenvalue weighted by atomic mass is 9.89. The Bertz CT molecular complexity index is 728. The summed E-state index contributed by atoms with van der Waals surface area (Å²) in [6.45, 7) is 0. The van der Waals surface area contributed by atoms with Gasteiger partial charge in [0, 0.05) is 24.3 Å². The molecule has 5 nitrogen and oxygen atoms in total. The Labute approximate surface area is 166 Å². The van der Waals surface area contributed by atoms with Gasteiger partial charge in [-0.1, -0.05) is 48.3 Å². The van der Waals surface area contributed by atoms with Gasteiger partial charge in [-0.3, -0.25) is 4.79 Å². The highest BCUT2D eigenvalue weighted by Gasteiger charge is 2.39. The molecule has 0 saturated heterocycles. The number of aliphatic hydroxyl groups is 3. The van der Waals surface area contributed by atoms with E-state index in [4.69, 9.17) is 5.11 Å². The lowest BCUT2D eigenvalue weighted by molar-refractivity contribution is -0.137. The second kappa shape index (κ2) is 11.5. The third-order valence-electron chi connectivity index (χ3n) is 4.91. The largest absolute Gasteiger partial charge is 0.481 e. The number of carboxylic acid groups (broad SMARTS) is 1. The van der Waals surface area contributed by atoms with E-state index in [1.54, 1.807) is 12.2 Å². The lowest BCUT2D eigenvalue weighted by Gasteiger charge is -2.19. The molecule has 1 aromatic rings. The highest BCUT2D eigenvalue weighted by molar-refractivity contribution is 5.66. The van der Waals surface area contributed by atoms with E-state index in [-0.39, 0.29) is 18.3 Å². The number of allylic oxidation sites excluding steroid dienone is 2. The second-order valence-electron chi connectivity index (χ2n) is 7.07. The average molecular weight is 384 g/mol. The van der Waals surface area contributed by atoms with Crippen molar-refractivity contribution < 1.29 is 25.2 Å². The average Bonchev–Trinajstić information content (AvgIpc) is 2.94. The Kier molecular flexibility index (Phi) is 8.96. The van der Waals surface area contributed by atoms with Crippen LogP contribution in [0.4, 0.5) is 0 Å². The first-order chi connectivity index (χ1) is 13.5. The summed E-state index contributed by atoms with van der Waals surface area (Å²) in [7, 11) is 0. The van der Waals surface area contributed by atoms with E-state index in [1.807, 2.05) is 42.5 Å². The van der Waals surface area contributed by atoms with Gasteiger partial charge in [-0.2, -0.15) is 0 Å². The van der Waals surface area contributed by atoms with Gasteiger partial charge in [0.1, 0.15) is 6.10 Å². The summed E-state index contributed by atoms with van der Waals surface area (Å²) in [6.07, 6.45) is 7.22. The zero-order chi connectivity index (χ0) is 20.4. The molecule has 0 aliphatic heterocycles. The van der Waals surface area contributed by atoms with Crippen molar-refractivity contribution in [2.45, 2.75) is 50.4 Å². The van der Waals surface area contributed by atoms with Gasteiger partial charge in [0.25, 0.3) is 0 Å². The van der Waals surface area contributed by atoms with Crippen molar-refractivity contribution in [1.82, 2.24) is 0 Å². The number of rotatable bonds is 8. The van der Waals surface area contributed by atoms with Gasteiger partial charge in [-0.25, -0.2) is 0 Å². The van der Waals surface area contributed by atoms with Crippen LogP contribution in [0.2, 0.25) is 0 Å². The summed E-state index contributed by atoms with van der Waals surface area (Å²) in [5, 5.41) is 39.1. The fourth-order valence-electron chi connectivity index (χ4n) is 3.41. The molecule has 4 N–H and O–H groups in total. The predicted octanol–water partition coefficient (Wildman–Crippen LogP) is 2.51. The second-order valence-corrected chi connectivity index (χ2v) is 7.07. The van der Waals surface area contributed by atoms with Crippen molar-refractivity contribution in [2.24, 2.45) is 11.8 Å². The first-order valence-electron chi connectivity index (χ1n) is 9.63. The van der Waals surface area contributed by atoms with E-state index in [1.165, 1.54) is 0 Å². The predicted molar refractivity (Wildman–Crippen MR) is 107 cm³/mol. The van der Waals surface area contributed by atoms with Crippen molar-refractivity contribution in [3.8, 4) is 11.8 Å². The summed E-state index contributed by atoms with van der Waals surface area (Å²) in [6, 6.07) is 9.37. The Morgan fingerprint density at radius 3 is 2.64 bits per heavy atom. The first-order valence-corrected chi connectivity index (χ1v) is 9.63. The summed E-state index contributed by atoms with van der Waals surface area (Å²) in [4.78, 5) is 10.5. The summed E-state index contributed by atoms with van der Waals surface area (Å²) < 4.78 is 0. The van der Waals surface area contributed by atoms with Crippen molar-refractivity contribution in [1.29, 1.82) is 0 Å². The molecule has 1 aliphatic rings. The molecule has 0 bridgehead atoms. The number of hydrogen-bond acceptors (Lipinski definition) is 4. The minimum absolute atomic E-state index is 0.141. The Morgan fingerprint density at radius 2 is 1.93 bits per heavy atom. The molecule has 150 valence electrons. The third kappa shape index (κ3) is 7.32. The van der Waals surface area contributed by atoms with Crippen LogP contribution in [0.5, 0.6) is 0 Å². The number of carboxylic acids is 1. The van der Waals surface area contributed by atoms with E-state index in [0.29, 0.717) is 25.7 Å². The molecule has 5 atom stereocenters. The fraction of sp³-hybridized carbons (Fsp3) is 0.435. The molecule has 0 spiro atoms. The van der Waals surface area contributed by atoms with E-state index in [2.05, 4.69) is 11.8 Å². The minimum Gasteiger partial charge on any atom is -0.481 e. The third-order valence-corrected chi connectivity index (χ3v) is 4.91. The van der Waals surface area contributed by atoms with Crippen LogP contribution in [0.1, 0.15) is 37.7 Å². The maximum absolute atomic E-state index is 10.5. The zero-order valence-electron chi connectivity index (χ0n) is 15.8. The molecule has 2 rings (SSSR count). The number of benzene rings is 1. The molecule has 1 aromatic carbocycles. The highest BCUT2D eigenvalue weighted by Crippen LogP contribution is 2.36. The van der Waals surface area contributed by atoms with E-state index in [0.717, 1.165) is 5.56 Å². The van der Waals surface area contributed by atoms with Crippen LogP contribution in [0.15, 0.2) is 54.6 Å². The number of aliphatic carboxylic acids is 1. The van der Waals surface area contributed by atoms with Crippen LogP contribution in [-0.2, 0) is 4.79 Å². The van der Waals surface area contributed by atoms with Crippen LogP contribution in [0.25, 0.3) is 0 Å². The number of aliphatic hydroxyl groups excluding tert-OH is 3. The monoisotopic (exact) mass is 384 g/mol. The maximum Gasteiger partial charge on any atom is 0.303 e. The van der Waals surface area contributed by atoms with Gasteiger partial charge in [-0.05, 0) is 43.4 Å². The topological polar surface area (TPSA) is 98.0 Å². The first kappa shape index (κ1) is 21.9. The van der Waals surface area contributed by atoms with Gasteiger partial charge in [-0.15, -0.1) is 0 Å². The quantitative estimate of drug-likeness (QED) is 0.314. The molecular formula is C23H28O5. The SMILES string of the molecule is O=C(O)CCC/C=C\C[C@@H]1[C@@H](/C=C/C(O)C#Cc2ccccc2)[C@H](O)C[C@@H]1O. The van der Waals surface area contributed by atoms with Crippen LogP contribution in [-0.4, -0.2) is 44.7 Å². The normalized spacial score (nSPS) is 25.7. The molecule has 1 fully saturated rings. The molecular weight excluding hydrogens is 356 g/mol. The van der Waals surface area contributed by atoms with Crippen LogP contribution >= 0.6 is 0 Å². The molecule has 0 radical (unpaired) electrons. The Morgan fingerprint density at radius 1 is 1.18 bits per heavy atom. The van der Waals surface area contributed by atoms with E-state index in [9.17, 15) is 20.1 Å². The van der Waals surface area contributed by atoms with Crippen LogP contribution < -0.4 is 0 Å². The lowest BCUT2D eigenvalue weighted by Crippen LogP contribution is -2.20. The van der Waals surface area contributed by atoms with Gasteiger partial charge < -0.3 is 20.4 Å². The highest BCUT2D eigenvalue weighted by atomic mass is 16.4. The minimum atomic E-state index is -0.947. The molecule has 5 heteroatoms. The summed E-state index contributed by atoms with van der Waals surface area (Å²) in [5.41, 5.74) is 0.817. The molecule has 1 aliphatic carbocycles. The molecule has 28 heavy (non-hydrogen) atoms. The van der Waals surface area contributed by atoms with Crippen LogP contribution in [0.3, 0.4) is 0 Å².